The molecule has 6 nitrogen and oxygen atoms in total. The maximum Gasteiger partial charge on any atom is 0.254 e. The molecule has 0 unspecified atom stereocenters. The van der Waals surface area contributed by atoms with Gasteiger partial charge in [-0.2, -0.15) is 5.10 Å². The van der Waals surface area contributed by atoms with Crippen LogP contribution in [0.5, 0.6) is 0 Å². The number of carbonyl (C=O) groups is 1. The lowest BCUT2D eigenvalue weighted by atomic mass is 10.1. The molecule has 0 radical (unpaired) electrons. The van der Waals surface area contributed by atoms with Crippen molar-refractivity contribution in [3.63, 3.8) is 0 Å². The van der Waals surface area contributed by atoms with Crippen molar-refractivity contribution >= 4 is 55.6 Å². The van der Waals surface area contributed by atoms with Crippen LogP contribution in [0.3, 0.4) is 0 Å². The van der Waals surface area contributed by atoms with Crippen LogP contribution in [0.25, 0.3) is 10.2 Å². The van der Waals surface area contributed by atoms with E-state index in [2.05, 4.69) is 22.4 Å². The van der Waals surface area contributed by atoms with Gasteiger partial charge in [0.05, 0.1) is 15.4 Å². The topological polar surface area (TPSA) is 60.8 Å². The highest BCUT2D eigenvalue weighted by Crippen LogP contribution is 2.38. The standard InChI is InChI=1S/C23H26ClN5OS/c1-4-16(3)26-27-23-25-20-19(31-23)10-9-18(24)21(20)28-11-13-29(14-12-28)22(30)17-8-6-5-7-15(17)2/h5-10H,4,11-14H2,1-3H3,(H,25,27)/b26-16+. The summed E-state index contributed by atoms with van der Waals surface area (Å²) in [5, 5.41) is 5.79. The Hall–Kier alpha value is -2.64. The van der Waals surface area contributed by atoms with E-state index in [-0.39, 0.29) is 5.91 Å². The number of carbonyl (C=O) groups excluding carboxylic acids is 1. The number of anilines is 2. The van der Waals surface area contributed by atoms with Gasteiger partial charge in [0.25, 0.3) is 5.91 Å². The van der Waals surface area contributed by atoms with Crippen molar-refractivity contribution in [2.24, 2.45) is 5.10 Å². The zero-order chi connectivity index (χ0) is 22.0. The normalized spacial score (nSPS) is 14.9. The van der Waals surface area contributed by atoms with E-state index in [1.807, 2.05) is 55.1 Å². The molecule has 0 aliphatic carbocycles. The van der Waals surface area contributed by atoms with Crippen LogP contribution in [0.15, 0.2) is 41.5 Å². The molecule has 31 heavy (non-hydrogen) atoms. The van der Waals surface area contributed by atoms with E-state index in [0.29, 0.717) is 31.2 Å². The van der Waals surface area contributed by atoms with Gasteiger partial charge in [0.2, 0.25) is 5.13 Å². The van der Waals surface area contributed by atoms with E-state index in [9.17, 15) is 4.79 Å². The molecule has 0 saturated carbocycles. The smallest absolute Gasteiger partial charge is 0.254 e. The maximum atomic E-state index is 12.9. The van der Waals surface area contributed by atoms with Gasteiger partial charge in [-0.1, -0.05) is 48.1 Å². The number of halogens is 1. The van der Waals surface area contributed by atoms with Gasteiger partial charge in [-0.3, -0.25) is 10.2 Å². The molecule has 0 spiro atoms. The molecule has 0 atom stereocenters. The third-order valence-corrected chi connectivity index (χ3v) is 6.83. The summed E-state index contributed by atoms with van der Waals surface area (Å²) >= 11 is 8.17. The first-order valence-corrected chi connectivity index (χ1v) is 11.7. The number of hydrogen-bond donors (Lipinski definition) is 1. The summed E-state index contributed by atoms with van der Waals surface area (Å²) in [6, 6.07) is 11.7. The molecule has 3 aromatic rings. The predicted octanol–water partition coefficient (Wildman–Crippen LogP) is 5.42. The zero-order valence-corrected chi connectivity index (χ0v) is 19.6. The van der Waals surface area contributed by atoms with E-state index in [0.717, 1.165) is 44.3 Å². The second-order valence-electron chi connectivity index (χ2n) is 7.67. The lowest BCUT2D eigenvalue weighted by Gasteiger charge is -2.36. The average molecular weight is 456 g/mol. The van der Waals surface area contributed by atoms with Gasteiger partial charge in [0.1, 0.15) is 5.52 Å². The van der Waals surface area contributed by atoms with Crippen LogP contribution in [0.4, 0.5) is 10.8 Å². The second-order valence-corrected chi connectivity index (χ2v) is 9.11. The number of amides is 1. The molecule has 1 N–H and O–H groups in total. The largest absolute Gasteiger partial charge is 0.365 e. The molecule has 1 aromatic heterocycles. The van der Waals surface area contributed by atoms with Gasteiger partial charge in [0.15, 0.2) is 0 Å². The van der Waals surface area contributed by atoms with Gasteiger partial charge in [-0.15, -0.1) is 0 Å². The first kappa shape index (κ1) is 21.6. The first-order valence-electron chi connectivity index (χ1n) is 10.5. The number of nitrogens with one attached hydrogen (secondary N) is 1. The number of rotatable bonds is 5. The molecular formula is C23H26ClN5OS. The molecular weight excluding hydrogens is 430 g/mol. The minimum atomic E-state index is 0.0892. The fraction of sp³-hybridized carbons (Fsp3) is 0.348. The Morgan fingerprint density at radius 1 is 1.19 bits per heavy atom. The minimum Gasteiger partial charge on any atom is -0.365 e. The number of fused-ring (bicyclic) bond motifs is 1. The SMILES string of the molecule is CC/C(C)=N/Nc1nc2c(N3CCN(C(=O)c4ccccc4C)CC3)c(Cl)ccc2s1. The highest BCUT2D eigenvalue weighted by atomic mass is 35.5. The van der Waals surface area contributed by atoms with Crippen molar-refractivity contribution in [2.75, 3.05) is 36.5 Å². The molecule has 8 heteroatoms. The van der Waals surface area contributed by atoms with E-state index >= 15 is 0 Å². The molecule has 0 bridgehead atoms. The molecule has 1 aliphatic rings. The van der Waals surface area contributed by atoms with E-state index < -0.39 is 0 Å². The molecule has 2 aromatic carbocycles. The van der Waals surface area contributed by atoms with Crippen molar-refractivity contribution in [1.82, 2.24) is 9.88 Å². The van der Waals surface area contributed by atoms with Crippen molar-refractivity contribution in [3.05, 3.63) is 52.5 Å². The Bertz CT molecular complexity index is 1130. The number of thiazole rings is 1. The third kappa shape index (κ3) is 4.52. The quantitative estimate of drug-likeness (QED) is 0.412. The maximum absolute atomic E-state index is 12.9. The van der Waals surface area contributed by atoms with Crippen molar-refractivity contribution in [3.8, 4) is 0 Å². The van der Waals surface area contributed by atoms with Crippen molar-refractivity contribution in [1.29, 1.82) is 0 Å². The van der Waals surface area contributed by atoms with Crippen LogP contribution in [-0.4, -0.2) is 47.7 Å². The van der Waals surface area contributed by atoms with Gasteiger partial charge in [-0.05, 0) is 44.0 Å². The number of piperazine rings is 1. The van der Waals surface area contributed by atoms with Crippen LogP contribution >= 0.6 is 22.9 Å². The van der Waals surface area contributed by atoms with Crippen molar-refractivity contribution in [2.45, 2.75) is 27.2 Å². The molecule has 1 amide bonds. The average Bonchev–Trinajstić information content (AvgIpc) is 3.20. The Balaban J connectivity index is 1.53. The minimum absolute atomic E-state index is 0.0892. The lowest BCUT2D eigenvalue weighted by Crippen LogP contribution is -2.49. The molecule has 162 valence electrons. The number of benzene rings is 2. The van der Waals surface area contributed by atoms with Crippen LogP contribution in [0, 0.1) is 6.92 Å². The fourth-order valence-corrected chi connectivity index (χ4v) is 4.73. The number of aryl methyl sites for hydroxylation is 1. The van der Waals surface area contributed by atoms with E-state index in [1.165, 1.54) is 0 Å². The highest BCUT2D eigenvalue weighted by Gasteiger charge is 2.26. The summed E-state index contributed by atoms with van der Waals surface area (Å²) in [4.78, 5) is 21.9. The highest BCUT2D eigenvalue weighted by molar-refractivity contribution is 7.22. The van der Waals surface area contributed by atoms with Crippen LogP contribution < -0.4 is 10.3 Å². The Kier molecular flexibility index (Phi) is 6.43. The summed E-state index contributed by atoms with van der Waals surface area (Å²) in [5.41, 5.74) is 7.67. The summed E-state index contributed by atoms with van der Waals surface area (Å²) in [5.74, 6) is 0.0892. The summed E-state index contributed by atoms with van der Waals surface area (Å²) in [6.07, 6.45) is 0.889. The Labute approximate surface area is 191 Å². The second kappa shape index (κ2) is 9.24. The predicted molar refractivity (Wildman–Crippen MR) is 131 cm³/mol. The monoisotopic (exact) mass is 455 g/mol. The molecule has 4 rings (SSSR count). The van der Waals surface area contributed by atoms with E-state index in [1.54, 1.807) is 11.3 Å². The molecule has 1 saturated heterocycles. The van der Waals surface area contributed by atoms with Crippen LogP contribution in [0.1, 0.15) is 36.2 Å². The first-order chi connectivity index (χ1) is 15.0. The lowest BCUT2D eigenvalue weighted by molar-refractivity contribution is 0.0746. The Morgan fingerprint density at radius 3 is 2.65 bits per heavy atom. The number of aromatic nitrogens is 1. The fourth-order valence-electron chi connectivity index (χ4n) is 3.64. The molecule has 1 aliphatic heterocycles. The number of nitrogens with zero attached hydrogens (tertiary/aromatic N) is 4. The van der Waals surface area contributed by atoms with Crippen LogP contribution in [0.2, 0.25) is 5.02 Å². The van der Waals surface area contributed by atoms with E-state index in [4.69, 9.17) is 16.6 Å². The summed E-state index contributed by atoms with van der Waals surface area (Å²) in [7, 11) is 0. The summed E-state index contributed by atoms with van der Waals surface area (Å²) in [6.45, 7) is 8.75. The summed E-state index contributed by atoms with van der Waals surface area (Å²) < 4.78 is 1.06. The van der Waals surface area contributed by atoms with Gasteiger partial charge in [0, 0.05) is 37.5 Å². The number of hydrazone groups is 1. The Morgan fingerprint density at radius 2 is 1.94 bits per heavy atom. The zero-order valence-electron chi connectivity index (χ0n) is 18.0. The number of hydrogen-bond acceptors (Lipinski definition) is 6. The molecule has 1 fully saturated rings. The third-order valence-electron chi connectivity index (χ3n) is 5.60. The van der Waals surface area contributed by atoms with Crippen molar-refractivity contribution < 1.29 is 4.79 Å². The van der Waals surface area contributed by atoms with Gasteiger partial charge < -0.3 is 9.80 Å². The van der Waals surface area contributed by atoms with Gasteiger partial charge >= 0.3 is 0 Å². The van der Waals surface area contributed by atoms with Gasteiger partial charge in [-0.25, -0.2) is 4.98 Å². The van der Waals surface area contributed by atoms with Crippen LogP contribution in [-0.2, 0) is 0 Å². The molecule has 2 heterocycles.